The topological polar surface area (TPSA) is 38.9 Å². The van der Waals surface area contributed by atoms with Crippen LogP contribution in [-0.2, 0) is 6.42 Å². The standard InChI is InChI=1S/C14H14F2N2S/c15-13(16)8-4-6-9(7-5-8)14-18-11-3-1-2-10(17)12(11)19-14/h4-7,10,13H,1-3,17H2. The van der Waals surface area contributed by atoms with E-state index in [2.05, 4.69) is 4.98 Å². The molecule has 100 valence electrons. The number of aromatic nitrogens is 1. The fourth-order valence-corrected chi connectivity index (χ4v) is 3.50. The zero-order valence-electron chi connectivity index (χ0n) is 10.3. The normalized spacial score (nSPS) is 18.6. The quantitative estimate of drug-likeness (QED) is 0.900. The molecule has 0 fully saturated rings. The molecule has 0 aliphatic heterocycles. The van der Waals surface area contributed by atoms with E-state index in [1.54, 1.807) is 23.5 Å². The molecule has 1 unspecified atom stereocenters. The molecule has 2 nitrogen and oxygen atoms in total. The molecule has 1 aromatic heterocycles. The van der Waals surface area contributed by atoms with Crippen molar-refractivity contribution in [2.75, 3.05) is 0 Å². The molecule has 1 aliphatic carbocycles. The molecule has 1 aromatic carbocycles. The van der Waals surface area contributed by atoms with Crippen molar-refractivity contribution in [2.24, 2.45) is 5.73 Å². The van der Waals surface area contributed by atoms with Crippen LogP contribution in [-0.4, -0.2) is 4.98 Å². The minimum Gasteiger partial charge on any atom is -0.323 e. The fraction of sp³-hybridized carbons (Fsp3) is 0.357. The van der Waals surface area contributed by atoms with Crippen LogP contribution in [0.5, 0.6) is 0 Å². The van der Waals surface area contributed by atoms with Gasteiger partial charge in [0.25, 0.3) is 6.43 Å². The van der Waals surface area contributed by atoms with E-state index in [1.165, 1.54) is 12.1 Å². The molecule has 1 heterocycles. The summed E-state index contributed by atoms with van der Waals surface area (Å²) in [6, 6.07) is 6.41. The SMILES string of the molecule is NC1CCCc2nc(-c3ccc(C(F)F)cc3)sc21. The summed E-state index contributed by atoms with van der Waals surface area (Å²) in [5, 5.41) is 0.878. The minimum atomic E-state index is -2.42. The summed E-state index contributed by atoms with van der Waals surface area (Å²) < 4.78 is 25.0. The summed E-state index contributed by atoms with van der Waals surface area (Å²) in [5.41, 5.74) is 8.08. The number of aryl methyl sites for hydroxylation is 1. The molecule has 3 rings (SSSR count). The second kappa shape index (κ2) is 4.98. The van der Waals surface area contributed by atoms with Gasteiger partial charge in [-0.15, -0.1) is 11.3 Å². The Hall–Kier alpha value is -1.33. The van der Waals surface area contributed by atoms with E-state index in [0.717, 1.165) is 40.4 Å². The van der Waals surface area contributed by atoms with Crippen LogP contribution in [0.4, 0.5) is 8.78 Å². The third-order valence-corrected chi connectivity index (χ3v) is 4.68. The first kappa shape index (κ1) is 12.7. The van der Waals surface area contributed by atoms with E-state index in [1.807, 2.05) is 0 Å². The van der Waals surface area contributed by atoms with Crippen LogP contribution in [0.25, 0.3) is 10.6 Å². The highest BCUT2D eigenvalue weighted by atomic mass is 32.1. The molecule has 0 saturated heterocycles. The first-order valence-corrected chi connectivity index (χ1v) is 7.10. The number of fused-ring (bicyclic) bond motifs is 1. The van der Waals surface area contributed by atoms with Gasteiger partial charge in [-0.25, -0.2) is 13.8 Å². The van der Waals surface area contributed by atoms with Gasteiger partial charge in [0.2, 0.25) is 0 Å². The summed E-state index contributed by atoms with van der Waals surface area (Å²) in [6.45, 7) is 0. The van der Waals surface area contributed by atoms with Crippen molar-refractivity contribution >= 4 is 11.3 Å². The number of hydrogen-bond acceptors (Lipinski definition) is 3. The molecule has 0 spiro atoms. The van der Waals surface area contributed by atoms with E-state index in [9.17, 15) is 8.78 Å². The number of rotatable bonds is 2. The Morgan fingerprint density at radius 1 is 1.26 bits per heavy atom. The van der Waals surface area contributed by atoms with Crippen molar-refractivity contribution in [2.45, 2.75) is 31.7 Å². The second-order valence-electron chi connectivity index (χ2n) is 4.75. The van der Waals surface area contributed by atoms with Crippen LogP contribution < -0.4 is 5.73 Å². The van der Waals surface area contributed by atoms with Gasteiger partial charge in [0.15, 0.2) is 0 Å². The minimum absolute atomic E-state index is 0.0433. The lowest BCUT2D eigenvalue weighted by atomic mass is 9.99. The van der Waals surface area contributed by atoms with Crippen LogP contribution >= 0.6 is 11.3 Å². The van der Waals surface area contributed by atoms with Crippen molar-refractivity contribution in [1.29, 1.82) is 0 Å². The van der Waals surface area contributed by atoms with Crippen molar-refractivity contribution in [3.05, 3.63) is 40.4 Å². The maximum Gasteiger partial charge on any atom is 0.263 e. The van der Waals surface area contributed by atoms with Gasteiger partial charge in [0.05, 0.1) is 5.69 Å². The molecule has 1 atom stereocenters. The Bertz CT molecular complexity index is 578. The average molecular weight is 280 g/mol. The van der Waals surface area contributed by atoms with Gasteiger partial charge in [-0.1, -0.05) is 24.3 Å². The second-order valence-corrected chi connectivity index (χ2v) is 5.78. The molecule has 5 heteroatoms. The van der Waals surface area contributed by atoms with Gasteiger partial charge in [-0.05, 0) is 19.3 Å². The fourth-order valence-electron chi connectivity index (χ4n) is 2.35. The van der Waals surface area contributed by atoms with E-state index in [0.29, 0.717) is 0 Å². The highest BCUT2D eigenvalue weighted by Crippen LogP contribution is 2.37. The van der Waals surface area contributed by atoms with Crippen molar-refractivity contribution in [1.82, 2.24) is 4.98 Å². The number of thiazole rings is 1. The van der Waals surface area contributed by atoms with Crippen molar-refractivity contribution < 1.29 is 8.78 Å². The van der Waals surface area contributed by atoms with Crippen LogP contribution in [0.1, 0.15) is 41.4 Å². The molecule has 2 aromatic rings. The molecular weight excluding hydrogens is 266 g/mol. The summed E-state index contributed by atoms with van der Waals surface area (Å²) in [5.74, 6) is 0. The zero-order chi connectivity index (χ0) is 13.4. The number of nitrogens with zero attached hydrogens (tertiary/aromatic N) is 1. The molecule has 1 aliphatic rings. The highest BCUT2D eigenvalue weighted by Gasteiger charge is 2.22. The van der Waals surface area contributed by atoms with E-state index in [-0.39, 0.29) is 11.6 Å². The van der Waals surface area contributed by atoms with Gasteiger partial charge < -0.3 is 5.73 Å². The first-order chi connectivity index (χ1) is 9.15. The van der Waals surface area contributed by atoms with Gasteiger partial charge >= 0.3 is 0 Å². The maximum absolute atomic E-state index is 12.5. The Labute approximate surface area is 114 Å². The number of halogens is 2. The maximum atomic E-state index is 12.5. The van der Waals surface area contributed by atoms with Gasteiger partial charge in [0.1, 0.15) is 5.01 Å². The Balaban J connectivity index is 1.94. The smallest absolute Gasteiger partial charge is 0.263 e. The lowest BCUT2D eigenvalue weighted by molar-refractivity contribution is 0.151. The lowest BCUT2D eigenvalue weighted by Crippen LogP contribution is -2.15. The summed E-state index contributed by atoms with van der Waals surface area (Å²) in [7, 11) is 0. The molecule has 2 N–H and O–H groups in total. The Kier molecular flexibility index (Phi) is 3.33. The van der Waals surface area contributed by atoms with E-state index in [4.69, 9.17) is 5.73 Å². The summed E-state index contributed by atoms with van der Waals surface area (Å²) >= 11 is 1.59. The highest BCUT2D eigenvalue weighted by molar-refractivity contribution is 7.15. The van der Waals surface area contributed by atoms with Crippen molar-refractivity contribution in [3.8, 4) is 10.6 Å². The Morgan fingerprint density at radius 3 is 2.63 bits per heavy atom. The molecule has 0 bridgehead atoms. The number of hydrogen-bond donors (Lipinski definition) is 1. The number of benzene rings is 1. The predicted molar refractivity (Wildman–Crippen MR) is 72.4 cm³/mol. The van der Waals surface area contributed by atoms with Crippen molar-refractivity contribution in [3.63, 3.8) is 0 Å². The van der Waals surface area contributed by atoms with E-state index >= 15 is 0 Å². The van der Waals surface area contributed by atoms with Crippen LogP contribution in [0.2, 0.25) is 0 Å². The predicted octanol–water partition coefficient (Wildman–Crippen LogP) is 4.08. The van der Waals surface area contributed by atoms with Crippen LogP contribution in [0.15, 0.2) is 24.3 Å². The summed E-state index contributed by atoms with van der Waals surface area (Å²) in [4.78, 5) is 5.75. The molecule has 0 radical (unpaired) electrons. The third-order valence-electron chi connectivity index (χ3n) is 3.40. The van der Waals surface area contributed by atoms with Gasteiger partial charge in [-0.3, -0.25) is 0 Å². The Morgan fingerprint density at radius 2 is 2.00 bits per heavy atom. The van der Waals surface area contributed by atoms with Gasteiger partial charge in [-0.2, -0.15) is 0 Å². The first-order valence-electron chi connectivity index (χ1n) is 6.29. The molecular formula is C14H14F2N2S. The zero-order valence-corrected chi connectivity index (χ0v) is 11.1. The molecule has 19 heavy (non-hydrogen) atoms. The number of alkyl halides is 2. The van der Waals surface area contributed by atoms with Gasteiger partial charge in [0, 0.05) is 22.0 Å². The third kappa shape index (κ3) is 2.40. The summed E-state index contributed by atoms with van der Waals surface area (Å²) in [6.07, 6.45) is 0.613. The molecule has 0 saturated carbocycles. The average Bonchev–Trinajstić information content (AvgIpc) is 2.84. The van der Waals surface area contributed by atoms with Crippen LogP contribution in [0.3, 0.4) is 0 Å². The lowest BCUT2D eigenvalue weighted by Gasteiger charge is -2.15. The van der Waals surface area contributed by atoms with Crippen LogP contribution in [0, 0.1) is 0 Å². The monoisotopic (exact) mass is 280 g/mol. The largest absolute Gasteiger partial charge is 0.323 e. The van der Waals surface area contributed by atoms with E-state index < -0.39 is 6.43 Å². The molecule has 0 amide bonds. The number of nitrogens with two attached hydrogens (primary N) is 1.